The second-order valence-electron chi connectivity index (χ2n) is 5.66. The zero-order chi connectivity index (χ0) is 17.0. The van der Waals surface area contributed by atoms with E-state index in [1.165, 1.54) is 0 Å². The van der Waals surface area contributed by atoms with Crippen molar-refractivity contribution in [2.45, 2.75) is 38.8 Å². The maximum Gasteiger partial charge on any atom is 0.334 e. The maximum atomic E-state index is 12.5. The lowest BCUT2D eigenvalue weighted by Crippen LogP contribution is -2.51. The summed E-state index contributed by atoms with van der Waals surface area (Å²) in [5.41, 5.74) is -0.736. The summed E-state index contributed by atoms with van der Waals surface area (Å²) in [5, 5.41) is 16.6. The van der Waals surface area contributed by atoms with E-state index in [2.05, 4.69) is 10.4 Å². The van der Waals surface area contributed by atoms with E-state index >= 15 is 0 Å². The highest BCUT2D eigenvalue weighted by molar-refractivity contribution is 5.96. The molecule has 2 N–H and O–H groups in total. The van der Waals surface area contributed by atoms with Gasteiger partial charge < -0.3 is 10.4 Å². The quantitative estimate of drug-likeness (QED) is 0.858. The molecule has 122 valence electrons. The lowest BCUT2D eigenvalue weighted by Gasteiger charge is -2.29. The first kappa shape index (κ1) is 16.7. The van der Waals surface area contributed by atoms with Crippen molar-refractivity contribution in [1.29, 1.82) is 0 Å². The highest BCUT2D eigenvalue weighted by atomic mass is 16.4. The number of hydrogen-bond donors (Lipinski definition) is 2. The molecule has 1 heterocycles. The van der Waals surface area contributed by atoms with Crippen LogP contribution in [0.5, 0.6) is 0 Å². The number of benzene rings is 1. The van der Waals surface area contributed by atoms with Gasteiger partial charge in [0, 0.05) is 12.2 Å². The second kappa shape index (κ2) is 6.64. The molecule has 1 unspecified atom stereocenters. The van der Waals surface area contributed by atoms with E-state index in [4.69, 9.17) is 0 Å². The van der Waals surface area contributed by atoms with E-state index in [0.29, 0.717) is 5.56 Å². The van der Waals surface area contributed by atoms with Gasteiger partial charge >= 0.3 is 5.97 Å². The summed E-state index contributed by atoms with van der Waals surface area (Å²) >= 11 is 0. The van der Waals surface area contributed by atoms with Gasteiger partial charge in [-0.05, 0) is 31.9 Å². The zero-order valence-electron chi connectivity index (χ0n) is 13.5. The lowest BCUT2D eigenvalue weighted by molar-refractivity contribution is -0.145. The number of aromatic nitrogens is 2. The van der Waals surface area contributed by atoms with Crippen LogP contribution in [-0.2, 0) is 10.3 Å². The molecule has 23 heavy (non-hydrogen) atoms. The Morgan fingerprint density at radius 2 is 1.91 bits per heavy atom. The van der Waals surface area contributed by atoms with Gasteiger partial charge in [0.2, 0.25) is 0 Å². The average molecular weight is 315 g/mol. The SMILES string of the molecule is CCC(NC(=O)c1ccn(C(C)C)n1)(C(=O)O)c1ccccc1. The topological polar surface area (TPSA) is 84.2 Å². The van der Waals surface area contributed by atoms with Gasteiger partial charge in [0.1, 0.15) is 5.69 Å². The predicted octanol–water partition coefficient (Wildman–Crippen LogP) is 2.58. The summed E-state index contributed by atoms with van der Waals surface area (Å²) in [6, 6.07) is 10.4. The van der Waals surface area contributed by atoms with Crippen LogP contribution in [0.15, 0.2) is 42.6 Å². The van der Waals surface area contributed by atoms with Crippen molar-refractivity contribution < 1.29 is 14.7 Å². The fraction of sp³-hybridized carbons (Fsp3) is 0.353. The number of rotatable bonds is 6. The first-order valence-electron chi connectivity index (χ1n) is 7.57. The van der Waals surface area contributed by atoms with Crippen molar-refractivity contribution in [3.63, 3.8) is 0 Å². The molecule has 1 aromatic heterocycles. The summed E-state index contributed by atoms with van der Waals surface area (Å²) in [6.45, 7) is 5.63. The van der Waals surface area contributed by atoms with Crippen molar-refractivity contribution >= 4 is 11.9 Å². The molecule has 1 aromatic carbocycles. The minimum absolute atomic E-state index is 0.126. The predicted molar refractivity (Wildman–Crippen MR) is 86.1 cm³/mol. The molecule has 0 bridgehead atoms. The number of aliphatic carboxylic acids is 1. The summed E-state index contributed by atoms with van der Waals surface area (Å²) < 4.78 is 1.66. The number of hydrogen-bond acceptors (Lipinski definition) is 3. The molecule has 0 aliphatic rings. The van der Waals surface area contributed by atoms with Crippen LogP contribution < -0.4 is 5.32 Å². The van der Waals surface area contributed by atoms with Crippen LogP contribution >= 0.6 is 0 Å². The molecule has 0 radical (unpaired) electrons. The van der Waals surface area contributed by atoms with Crippen LogP contribution in [0.3, 0.4) is 0 Å². The molecule has 0 spiro atoms. The third-order valence-corrected chi connectivity index (χ3v) is 3.86. The van der Waals surface area contributed by atoms with Gasteiger partial charge in [0.25, 0.3) is 5.91 Å². The number of nitrogens with one attached hydrogen (secondary N) is 1. The van der Waals surface area contributed by atoms with Crippen LogP contribution in [0, 0.1) is 0 Å². The fourth-order valence-corrected chi connectivity index (χ4v) is 2.42. The van der Waals surface area contributed by atoms with Gasteiger partial charge in [0.05, 0.1) is 0 Å². The third-order valence-electron chi connectivity index (χ3n) is 3.86. The minimum Gasteiger partial charge on any atom is -0.479 e. The summed E-state index contributed by atoms with van der Waals surface area (Å²) in [4.78, 5) is 24.4. The van der Waals surface area contributed by atoms with E-state index in [1.54, 1.807) is 54.2 Å². The molecule has 0 saturated carbocycles. The van der Waals surface area contributed by atoms with Crippen molar-refractivity contribution in [1.82, 2.24) is 15.1 Å². The van der Waals surface area contributed by atoms with E-state index in [-0.39, 0.29) is 18.2 Å². The molecular formula is C17H21N3O3. The number of amides is 1. The van der Waals surface area contributed by atoms with E-state index < -0.39 is 17.4 Å². The van der Waals surface area contributed by atoms with E-state index in [9.17, 15) is 14.7 Å². The van der Waals surface area contributed by atoms with Crippen LogP contribution in [0.25, 0.3) is 0 Å². The molecule has 0 aliphatic carbocycles. The van der Waals surface area contributed by atoms with Crippen LogP contribution in [0.4, 0.5) is 0 Å². The monoisotopic (exact) mass is 315 g/mol. The Kier molecular flexibility index (Phi) is 4.83. The Labute approximate surface area is 135 Å². The molecule has 1 amide bonds. The standard InChI is InChI=1S/C17H21N3O3/c1-4-17(16(22)23,13-8-6-5-7-9-13)18-15(21)14-10-11-20(19-14)12(2)3/h5-12H,4H2,1-3H3,(H,18,21)(H,22,23). The minimum atomic E-state index is -1.47. The number of carboxylic acid groups (broad SMARTS) is 1. The van der Waals surface area contributed by atoms with E-state index in [1.807, 2.05) is 13.8 Å². The van der Waals surface area contributed by atoms with Crippen LogP contribution in [0.1, 0.15) is 49.3 Å². The lowest BCUT2D eigenvalue weighted by atomic mass is 9.87. The Morgan fingerprint density at radius 1 is 1.26 bits per heavy atom. The van der Waals surface area contributed by atoms with Gasteiger partial charge in [-0.25, -0.2) is 4.79 Å². The fourth-order valence-electron chi connectivity index (χ4n) is 2.42. The molecule has 1 atom stereocenters. The molecule has 6 nitrogen and oxygen atoms in total. The summed E-state index contributed by atoms with van der Waals surface area (Å²) in [5.74, 6) is -1.60. The summed E-state index contributed by atoms with van der Waals surface area (Å²) in [7, 11) is 0. The number of carboxylic acids is 1. The first-order valence-corrected chi connectivity index (χ1v) is 7.57. The van der Waals surface area contributed by atoms with Crippen LogP contribution in [0.2, 0.25) is 0 Å². The number of carbonyl (C=O) groups is 2. The van der Waals surface area contributed by atoms with Gasteiger partial charge in [-0.3, -0.25) is 9.48 Å². The van der Waals surface area contributed by atoms with Crippen molar-refractivity contribution in [2.75, 3.05) is 0 Å². The first-order chi connectivity index (χ1) is 10.9. The van der Waals surface area contributed by atoms with Gasteiger partial charge in [0.15, 0.2) is 5.54 Å². The Hall–Kier alpha value is -2.63. The molecule has 2 aromatic rings. The second-order valence-corrected chi connectivity index (χ2v) is 5.66. The smallest absolute Gasteiger partial charge is 0.334 e. The normalized spacial score (nSPS) is 13.6. The summed E-state index contributed by atoms with van der Waals surface area (Å²) in [6.07, 6.45) is 1.93. The van der Waals surface area contributed by atoms with Crippen LogP contribution in [-0.4, -0.2) is 26.8 Å². The van der Waals surface area contributed by atoms with Gasteiger partial charge in [-0.2, -0.15) is 5.10 Å². The molecule has 6 heteroatoms. The van der Waals surface area contributed by atoms with Crippen molar-refractivity contribution in [2.24, 2.45) is 0 Å². The highest BCUT2D eigenvalue weighted by Crippen LogP contribution is 2.26. The van der Waals surface area contributed by atoms with Crippen molar-refractivity contribution in [3.05, 3.63) is 53.9 Å². The maximum absolute atomic E-state index is 12.5. The zero-order valence-corrected chi connectivity index (χ0v) is 13.5. The number of nitrogens with zero attached hydrogens (tertiary/aromatic N) is 2. The molecular weight excluding hydrogens is 294 g/mol. The highest BCUT2D eigenvalue weighted by Gasteiger charge is 2.40. The molecule has 2 rings (SSSR count). The van der Waals surface area contributed by atoms with Gasteiger partial charge in [-0.15, -0.1) is 0 Å². The molecule has 0 fully saturated rings. The third kappa shape index (κ3) is 3.26. The Balaban J connectivity index is 2.34. The number of carbonyl (C=O) groups excluding carboxylic acids is 1. The Morgan fingerprint density at radius 3 is 2.39 bits per heavy atom. The van der Waals surface area contributed by atoms with Gasteiger partial charge in [-0.1, -0.05) is 37.3 Å². The molecule has 0 aliphatic heterocycles. The van der Waals surface area contributed by atoms with Crippen molar-refractivity contribution in [3.8, 4) is 0 Å². The molecule has 0 saturated heterocycles. The van der Waals surface area contributed by atoms with E-state index in [0.717, 1.165) is 0 Å². The largest absolute Gasteiger partial charge is 0.479 e. The Bertz CT molecular complexity index is 694. The average Bonchev–Trinajstić information content (AvgIpc) is 3.03.